The van der Waals surface area contributed by atoms with Gasteiger partial charge < -0.3 is 22.1 Å². The molecule has 0 spiro atoms. The summed E-state index contributed by atoms with van der Waals surface area (Å²) in [5.74, 6) is -0.695. The molecule has 31 heavy (non-hydrogen) atoms. The van der Waals surface area contributed by atoms with Gasteiger partial charge in [0.2, 0.25) is 10.0 Å². The molecule has 1 aliphatic rings. The number of halogens is 1. The molecule has 1 aliphatic heterocycles. The Kier molecular flexibility index (Phi) is 6.93. The van der Waals surface area contributed by atoms with Gasteiger partial charge in [0, 0.05) is 18.6 Å². The van der Waals surface area contributed by atoms with Crippen LogP contribution in [-0.4, -0.2) is 49.1 Å². The molecule has 1 unspecified atom stereocenters. The minimum Gasteiger partial charge on any atom is -0.382 e. The predicted molar refractivity (Wildman–Crippen MR) is 119 cm³/mol. The fraction of sp³-hybridized carbons (Fsp3) is 0.333. The average Bonchev–Trinajstić information content (AvgIpc) is 3.15. The number of hydrogen-bond acceptors (Lipinski definition) is 7. The summed E-state index contributed by atoms with van der Waals surface area (Å²) in [6.07, 6.45) is 2.30. The Balaban J connectivity index is 1.63. The second-order valence-electron chi connectivity index (χ2n) is 7.05. The minimum absolute atomic E-state index is 0.0578. The summed E-state index contributed by atoms with van der Waals surface area (Å²) in [4.78, 5) is 23.9. The molecule has 0 radical (unpaired) electrons. The van der Waals surface area contributed by atoms with Crippen molar-refractivity contribution in [2.24, 2.45) is 4.99 Å². The van der Waals surface area contributed by atoms with Gasteiger partial charge in [0.05, 0.1) is 6.26 Å². The van der Waals surface area contributed by atoms with Crippen LogP contribution in [0.4, 0.5) is 11.6 Å². The molecule has 11 nitrogen and oxygen atoms in total. The Morgan fingerprint density at radius 2 is 2.00 bits per heavy atom. The molecule has 1 amide bonds. The smallest absolute Gasteiger partial charge is 0.302 e. The van der Waals surface area contributed by atoms with E-state index in [1.807, 2.05) is 30.3 Å². The fourth-order valence-electron chi connectivity index (χ4n) is 3.12. The van der Waals surface area contributed by atoms with Gasteiger partial charge in [-0.05, 0) is 18.4 Å². The number of nitrogen functional groups attached to an aromatic ring is 2. The number of nitrogens with two attached hydrogens (primary N) is 2. The Morgan fingerprint density at radius 1 is 1.29 bits per heavy atom. The number of carbonyl (C=O) groups is 1. The summed E-state index contributed by atoms with van der Waals surface area (Å²) >= 11 is 5.80. The predicted octanol–water partition coefficient (Wildman–Crippen LogP) is 0.423. The van der Waals surface area contributed by atoms with Crippen LogP contribution in [-0.2, 0) is 10.0 Å². The second kappa shape index (κ2) is 9.45. The molecular formula is C18H23ClN8O3S. The first-order valence-corrected chi connectivity index (χ1v) is 11.6. The third kappa shape index (κ3) is 6.26. The number of sulfonamides is 1. The van der Waals surface area contributed by atoms with E-state index in [4.69, 9.17) is 23.1 Å². The van der Waals surface area contributed by atoms with Crippen LogP contribution in [0.1, 0.15) is 34.9 Å². The normalized spacial score (nSPS) is 18.4. The molecule has 0 bridgehead atoms. The number of benzene rings is 1. The maximum Gasteiger partial charge on any atom is 0.302 e. The van der Waals surface area contributed by atoms with Crippen LogP contribution < -0.4 is 26.8 Å². The molecule has 2 atom stereocenters. The summed E-state index contributed by atoms with van der Waals surface area (Å²) < 4.78 is 26.2. The molecule has 3 rings (SSSR count). The van der Waals surface area contributed by atoms with E-state index >= 15 is 0 Å². The van der Waals surface area contributed by atoms with Gasteiger partial charge in [-0.1, -0.05) is 41.9 Å². The zero-order valence-corrected chi connectivity index (χ0v) is 18.2. The monoisotopic (exact) mass is 466 g/mol. The van der Waals surface area contributed by atoms with E-state index < -0.39 is 15.9 Å². The first-order valence-electron chi connectivity index (χ1n) is 9.36. The lowest BCUT2D eigenvalue weighted by Crippen LogP contribution is -2.32. The topological polar surface area (TPSA) is 177 Å². The van der Waals surface area contributed by atoms with Gasteiger partial charge in [-0.3, -0.25) is 4.79 Å². The number of hydrogen-bond donors (Lipinski definition) is 5. The average molecular weight is 467 g/mol. The van der Waals surface area contributed by atoms with Crippen molar-refractivity contribution in [3.8, 4) is 0 Å². The molecular weight excluding hydrogens is 444 g/mol. The summed E-state index contributed by atoms with van der Waals surface area (Å²) in [5, 5.41) is 5.97. The van der Waals surface area contributed by atoms with Crippen molar-refractivity contribution in [2.75, 3.05) is 24.3 Å². The SMILES string of the molecule is CS(=O)(=O)N[C@@H](CCC1CN/C(=N\C(=O)c2nc(Cl)c(N)nc2N)N1)c1ccccc1. The first-order chi connectivity index (χ1) is 14.6. The maximum atomic E-state index is 12.4. The van der Waals surface area contributed by atoms with Gasteiger partial charge in [0.1, 0.15) is 0 Å². The van der Waals surface area contributed by atoms with Crippen LogP contribution in [0.3, 0.4) is 0 Å². The molecule has 0 aliphatic carbocycles. The molecule has 13 heteroatoms. The van der Waals surface area contributed by atoms with Crippen molar-refractivity contribution >= 4 is 45.1 Å². The molecule has 1 aromatic carbocycles. The van der Waals surface area contributed by atoms with Crippen molar-refractivity contribution < 1.29 is 13.2 Å². The number of carbonyl (C=O) groups excluding carboxylic acids is 1. The highest BCUT2D eigenvalue weighted by Gasteiger charge is 2.24. The van der Waals surface area contributed by atoms with Crippen LogP contribution in [0, 0.1) is 0 Å². The van der Waals surface area contributed by atoms with E-state index in [0.29, 0.717) is 19.4 Å². The molecule has 2 heterocycles. The van der Waals surface area contributed by atoms with Gasteiger partial charge in [0.25, 0.3) is 0 Å². The first kappa shape index (κ1) is 22.7. The molecule has 2 aromatic rings. The van der Waals surface area contributed by atoms with Gasteiger partial charge >= 0.3 is 5.91 Å². The highest BCUT2D eigenvalue weighted by Crippen LogP contribution is 2.21. The largest absolute Gasteiger partial charge is 0.382 e. The van der Waals surface area contributed by atoms with Gasteiger partial charge in [-0.15, -0.1) is 0 Å². The Hall–Kier alpha value is -2.96. The summed E-state index contributed by atoms with van der Waals surface area (Å²) in [6, 6.07) is 8.90. The summed E-state index contributed by atoms with van der Waals surface area (Å²) in [5.41, 5.74) is 11.9. The quantitative estimate of drug-likeness (QED) is 0.386. The number of aromatic nitrogens is 2. The highest BCUT2D eigenvalue weighted by atomic mass is 35.5. The number of amides is 1. The van der Waals surface area contributed by atoms with E-state index in [0.717, 1.165) is 11.8 Å². The lowest BCUT2D eigenvalue weighted by atomic mass is 10.0. The van der Waals surface area contributed by atoms with Crippen molar-refractivity contribution in [1.29, 1.82) is 0 Å². The molecule has 7 N–H and O–H groups in total. The third-order valence-corrected chi connectivity index (χ3v) is 5.53. The van der Waals surface area contributed by atoms with Crippen LogP contribution >= 0.6 is 11.6 Å². The molecule has 1 fully saturated rings. The Morgan fingerprint density at radius 3 is 2.68 bits per heavy atom. The van der Waals surface area contributed by atoms with Crippen LogP contribution in [0.25, 0.3) is 0 Å². The van der Waals surface area contributed by atoms with E-state index in [-0.39, 0.29) is 40.5 Å². The fourth-order valence-corrected chi connectivity index (χ4v) is 4.02. The van der Waals surface area contributed by atoms with E-state index in [1.54, 1.807) is 0 Å². The van der Waals surface area contributed by atoms with Crippen molar-refractivity contribution in [2.45, 2.75) is 24.9 Å². The number of aliphatic imine (C=N–C) groups is 1. The molecule has 1 aromatic heterocycles. The Bertz CT molecular complexity index is 1090. The summed E-state index contributed by atoms with van der Waals surface area (Å²) in [7, 11) is -3.38. The van der Waals surface area contributed by atoms with Gasteiger partial charge in [-0.2, -0.15) is 4.99 Å². The Labute approximate surface area is 184 Å². The zero-order valence-electron chi connectivity index (χ0n) is 16.7. The van der Waals surface area contributed by atoms with Crippen LogP contribution in [0.15, 0.2) is 35.3 Å². The second-order valence-corrected chi connectivity index (χ2v) is 9.19. The lowest BCUT2D eigenvalue weighted by molar-refractivity contribution is 0.0998. The van der Waals surface area contributed by atoms with Crippen molar-refractivity contribution in [3.05, 3.63) is 46.7 Å². The van der Waals surface area contributed by atoms with E-state index in [9.17, 15) is 13.2 Å². The zero-order chi connectivity index (χ0) is 22.6. The molecule has 166 valence electrons. The standard InChI is InChI=1S/C18H23ClN8O3S/c1-31(29,30)27-12(10-5-3-2-4-6-10)8-7-11-9-22-18(23-11)26-17(28)13-15(20)25-16(21)14(19)24-13/h2-6,11-12,27H,7-9H2,1H3,(H4,20,21,25)(H2,22,23,26,28)/t11?,12-/m0/s1. The van der Waals surface area contributed by atoms with E-state index in [1.165, 1.54) is 0 Å². The maximum absolute atomic E-state index is 12.4. The van der Waals surface area contributed by atoms with Crippen LogP contribution in [0.2, 0.25) is 5.15 Å². The third-order valence-electron chi connectivity index (χ3n) is 4.54. The molecule has 0 saturated carbocycles. The van der Waals surface area contributed by atoms with E-state index in [2.05, 4.69) is 30.3 Å². The number of rotatable bonds is 7. The number of nitrogens with zero attached hydrogens (tertiary/aromatic N) is 3. The number of guanidine groups is 1. The number of nitrogens with one attached hydrogen (secondary N) is 3. The van der Waals surface area contributed by atoms with Crippen molar-refractivity contribution in [1.82, 2.24) is 25.3 Å². The lowest BCUT2D eigenvalue weighted by Gasteiger charge is -2.19. The number of anilines is 2. The molecule has 1 saturated heterocycles. The van der Waals surface area contributed by atoms with Gasteiger partial charge in [0.15, 0.2) is 28.4 Å². The van der Waals surface area contributed by atoms with Crippen LogP contribution in [0.5, 0.6) is 0 Å². The summed E-state index contributed by atoms with van der Waals surface area (Å²) in [6.45, 7) is 0.510. The highest BCUT2D eigenvalue weighted by molar-refractivity contribution is 7.88. The van der Waals surface area contributed by atoms with Crippen molar-refractivity contribution in [3.63, 3.8) is 0 Å². The minimum atomic E-state index is -3.38. The van der Waals surface area contributed by atoms with Gasteiger partial charge in [-0.25, -0.2) is 23.1 Å².